The number of likely N-dealkylation sites (tertiary alicyclic amines) is 1. The Labute approximate surface area is 134 Å². The van der Waals surface area contributed by atoms with Gasteiger partial charge in [-0.1, -0.05) is 24.1 Å². The molecule has 2 aromatic heterocycles. The normalized spacial score (nSPS) is 20.6. The minimum Gasteiger partial charge on any atom is -0.355 e. The molecule has 2 aromatic rings. The van der Waals surface area contributed by atoms with Crippen LogP contribution in [0.4, 0.5) is 0 Å². The third kappa shape index (κ3) is 2.37. The van der Waals surface area contributed by atoms with Crippen molar-refractivity contribution in [2.24, 2.45) is 0 Å². The first-order valence-electron chi connectivity index (χ1n) is 8.10. The van der Waals surface area contributed by atoms with Gasteiger partial charge in [0.1, 0.15) is 0 Å². The third-order valence-electron chi connectivity index (χ3n) is 4.82. The molecule has 0 aromatic carbocycles. The van der Waals surface area contributed by atoms with E-state index >= 15 is 0 Å². The molecule has 22 heavy (non-hydrogen) atoms. The predicted molar refractivity (Wildman–Crippen MR) is 85.8 cm³/mol. The molecule has 116 valence electrons. The van der Waals surface area contributed by atoms with Crippen molar-refractivity contribution in [3.63, 3.8) is 0 Å². The predicted octanol–water partition coefficient (Wildman–Crippen LogP) is 3.84. The molecule has 0 spiro atoms. The van der Waals surface area contributed by atoms with Crippen molar-refractivity contribution >= 4 is 17.2 Å². The summed E-state index contributed by atoms with van der Waals surface area (Å²) in [6.07, 6.45) is 6.53. The fraction of sp³-hybridized carbons (Fsp3) is 0.529. The first-order chi connectivity index (χ1) is 10.8. The molecule has 4 nitrogen and oxygen atoms in total. The van der Waals surface area contributed by atoms with Crippen LogP contribution in [0.15, 0.2) is 28.1 Å². The lowest BCUT2D eigenvalue weighted by Crippen LogP contribution is -2.40. The SMILES string of the molecule is O=C(N1CCCCCC1)C1(c2cc(-c3cccs3)on2)CC1. The van der Waals surface area contributed by atoms with Gasteiger partial charge in [-0.05, 0) is 37.1 Å². The number of amides is 1. The summed E-state index contributed by atoms with van der Waals surface area (Å²) in [5.41, 5.74) is 0.425. The van der Waals surface area contributed by atoms with Crippen LogP contribution in [0.2, 0.25) is 0 Å². The summed E-state index contributed by atoms with van der Waals surface area (Å²) in [4.78, 5) is 16.1. The highest BCUT2D eigenvalue weighted by Gasteiger charge is 2.55. The minimum absolute atomic E-state index is 0.264. The van der Waals surface area contributed by atoms with Gasteiger partial charge in [-0.3, -0.25) is 4.79 Å². The van der Waals surface area contributed by atoms with Crippen molar-refractivity contribution in [3.8, 4) is 10.6 Å². The van der Waals surface area contributed by atoms with Crippen LogP contribution in [0.25, 0.3) is 10.6 Å². The van der Waals surface area contributed by atoms with Crippen LogP contribution in [0.1, 0.15) is 44.2 Å². The summed E-state index contributed by atoms with van der Waals surface area (Å²) in [5, 5.41) is 6.25. The number of nitrogens with zero attached hydrogens (tertiary/aromatic N) is 2. The first-order valence-corrected chi connectivity index (χ1v) is 8.98. The van der Waals surface area contributed by atoms with Gasteiger partial charge in [0.15, 0.2) is 5.76 Å². The maximum Gasteiger partial charge on any atom is 0.234 e. The topological polar surface area (TPSA) is 46.3 Å². The van der Waals surface area contributed by atoms with E-state index < -0.39 is 5.41 Å². The average Bonchev–Trinajstić information content (AvgIpc) is 3.01. The largest absolute Gasteiger partial charge is 0.355 e. The summed E-state index contributed by atoms with van der Waals surface area (Å²) in [7, 11) is 0. The van der Waals surface area contributed by atoms with Crippen LogP contribution < -0.4 is 0 Å². The summed E-state index contributed by atoms with van der Waals surface area (Å²) < 4.78 is 5.49. The van der Waals surface area contributed by atoms with Crippen molar-refractivity contribution in [1.82, 2.24) is 10.1 Å². The molecule has 0 atom stereocenters. The summed E-state index contributed by atoms with van der Waals surface area (Å²) >= 11 is 1.63. The maximum atomic E-state index is 13.0. The van der Waals surface area contributed by atoms with Gasteiger partial charge in [0, 0.05) is 19.2 Å². The van der Waals surface area contributed by atoms with E-state index in [9.17, 15) is 4.79 Å². The van der Waals surface area contributed by atoms with Crippen molar-refractivity contribution in [2.75, 3.05) is 13.1 Å². The zero-order valence-electron chi connectivity index (χ0n) is 12.6. The molecule has 1 aliphatic carbocycles. The van der Waals surface area contributed by atoms with Gasteiger partial charge in [-0.25, -0.2) is 0 Å². The number of hydrogen-bond donors (Lipinski definition) is 0. The highest BCUT2D eigenvalue weighted by molar-refractivity contribution is 7.13. The standard InChI is InChI=1S/C17H20N2O2S/c20-16(19-9-3-1-2-4-10-19)17(7-8-17)15-12-13(21-18-15)14-6-5-11-22-14/h5-6,11-12H,1-4,7-10H2. The van der Waals surface area contributed by atoms with E-state index in [0.29, 0.717) is 0 Å². The Bertz CT molecular complexity index is 650. The van der Waals surface area contributed by atoms with Crippen LogP contribution >= 0.6 is 11.3 Å². The summed E-state index contributed by atoms with van der Waals surface area (Å²) in [6.45, 7) is 1.80. The molecule has 5 heteroatoms. The second kappa shape index (κ2) is 5.54. The molecule has 0 radical (unpaired) electrons. The Morgan fingerprint density at radius 1 is 1.23 bits per heavy atom. The molecule has 0 N–H and O–H groups in total. The van der Waals surface area contributed by atoms with Gasteiger partial charge in [-0.2, -0.15) is 0 Å². The molecule has 1 saturated carbocycles. The van der Waals surface area contributed by atoms with Crippen molar-refractivity contribution in [2.45, 2.75) is 43.9 Å². The number of carbonyl (C=O) groups excluding carboxylic acids is 1. The van der Waals surface area contributed by atoms with Crippen molar-refractivity contribution < 1.29 is 9.32 Å². The third-order valence-corrected chi connectivity index (χ3v) is 5.70. The van der Waals surface area contributed by atoms with Gasteiger partial charge in [-0.15, -0.1) is 11.3 Å². The molecular formula is C17H20N2O2S. The zero-order chi connectivity index (χ0) is 15.0. The van der Waals surface area contributed by atoms with E-state index in [-0.39, 0.29) is 5.91 Å². The van der Waals surface area contributed by atoms with Crippen LogP contribution in [0, 0.1) is 0 Å². The molecule has 1 aliphatic heterocycles. The Morgan fingerprint density at radius 2 is 2.00 bits per heavy atom. The van der Waals surface area contributed by atoms with Crippen molar-refractivity contribution in [3.05, 3.63) is 29.3 Å². The molecule has 2 fully saturated rings. The molecule has 2 aliphatic rings. The van der Waals surface area contributed by atoms with Gasteiger partial charge in [0.2, 0.25) is 5.91 Å². The number of hydrogen-bond acceptors (Lipinski definition) is 4. The molecule has 4 rings (SSSR count). The summed E-state index contributed by atoms with van der Waals surface area (Å²) in [5.74, 6) is 1.04. The van der Waals surface area contributed by atoms with E-state index in [0.717, 1.165) is 55.1 Å². The van der Waals surface area contributed by atoms with E-state index in [4.69, 9.17) is 4.52 Å². The monoisotopic (exact) mass is 316 g/mol. The fourth-order valence-corrected chi connectivity index (χ4v) is 3.99. The average molecular weight is 316 g/mol. The number of thiophene rings is 1. The Balaban J connectivity index is 1.57. The van der Waals surface area contributed by atoms with Gasteiger partial charge in [0.05, 0.1) is 16.0 Å². The van der Waals surface area contributed by atoms with Crippen LogP contribution in [0.5, 0.6) is 0 Å². The van der Waals surface area contributed by atoms with Gasteiger partial charge in [0.25, 0.3) is 0 Å². The van der Waals surface area contributed by atoms with Crippen LogP contribution in [0.3, 0.4) is 0 Å². The highest BCUT2D eigenvalue weighted by atomic mass is 32.1. The maximum absolute atomic E-state index is 13.0. The van der Waals surface area contributed by atoms with E-state index in [1.54, 1.807) is 11.3 Å². The molecular weight excluding hydrogens is 296 g/mol. The van der Waals surface area contributed by atoms with E-state index in [1.807, 2.05) is 23.6 Å². The first kappa shape index (κ1) is 14.0. The Hall–Kier alpha value is -1.62. The van der Waals surface area contributed by atoms with E-state index in [2.05, 4.69) is 10.1 Å². The fourth-order valence-electron chi connectivity index (χ4n) is 3.32. The highest BCUT2D eigenvalue weighted by Crippen LogP contribution is 2.50. The Morgan fingerprint density at radius 3 is 2.64 bits per heavy atom. The lowest BCUT2D eigenvalue weighted by atomic mass is 10.00. The van der Waals surface area contributed by atoms with Crippen LogP contribution in [-0.4, -0.2) is 29.1 Å². The summed E-state index contributed by atoms with van der Waals surface area (Å²) in [6, 6.07) is 5.98. The van der Waals surface area contributed by atoms with Gasteiger partial charge < -0.3 is 9.42 Å². The second-order valence-electron chi connectivity index (χ2n) is 6.34. The molecule has 1 amide bonds. The minimum atomic E-state index is -0.399. The molecule has 1 saturated heterocycles. The lowest BCUT2D eigenvalue weighted by Gasteiger charge is -2.24. The second-order valence-corrected chi connectivity index (χ2v) is 7.29. The Kier molecular flexibility index (Phi) is 3.53. The molecule has 0 bridgehead atoms. The smallest absolute Gasteiger partial charge is 0.234 e. The number of carbonyl (C=O) groups is 1. The quantitative estimate of drug-likeness (QED) is 0.864. The number of aromatic nitrogens is 1. The lowest BCUT2D eigenvalue weighted by molar-refractivity contribution is -0.134. The number of rotatable bonds is 3. The van der Waals surface area contributed by atoms with Crippen LogP contribution in [-0.2, 0) is 10.2 Å². The van der Waals surface area contributed by atoms with Gasteiger partial charge >= 0.3 is 0 Å². The van der Waals surface area contributed by atoms with Crippen molar-refractivity contribution in [1.29, 1.82) is 0 Å². The molecule has 3 heterocycles. The van der Waals surface area contributed by atoms with E-state index in [1.165, 1.54) is 12.8 Å². The molecule has 0 unspecified atom stereocenters. The zero-order valence-corrected chi connectivity index (χ0v) is 13.4.